The largest absolute Gasteiger partial charge is 0.485 e. The third kappa shape index (κ3) is 4.32. The van der Waals surface area contributed by atoms with Gasteiger partial charge >= 0.3 is 5.97 Å². The van der Waals surface area contributed by atoms with Crippen LogP contribution in [0.5, 0.6) is 11.5 Å². The Bertz CT molecular complexity index is 1090. The summed E-state index contributed by atoms with van der Waals surface area (Å²) in [4.78, 5) is 35.9. The number of fused-ring (bicyclic) bond motifs is 2. The Morgan fingerprint density at radius 1 is 1.03 bits per heavy atom. The molecular weight excluding hydrogens is 394 g/mol. The van der Waals surface area contributed by atoms with Crippen LogP contribution in [0.2, 0.25) is 0 Å². The molecule has 154 valence electrons. The number of amides is 2. The van der Waals surface area contributed by atoms with Gasteiger partial charge in [-0.25, -0.2) is 0 Å². The Kier molecular flexibility index (Phi) is 5.46. The van der Waals surface area contributed by atoms with E-state index in [9.17, 15) is 14.4 Å². The predicted molar refractivity (Wildman–Crippen MR) is 101 cm³/mol. The smallest absolute Gasteiger partial charge is 0.312 e. The molecule has 2 N–H and O–H groups in total. The van der Waals surface area contributed by atoms with Gasteiger partial charge in [-0.15, -0.1) is 0 Å². The molecule has 0 saturated carbocycles. The van der Waals surface area contributed by atoms with E-state index < -0.39 is 30.5 Å². The van der Waals surface area contributed by atoms with Crippen molar-refractivity contribution in [2.24, 2.45) is 0 Å². The highest BCUT2D eigenvalue weighted by molar-refractivity contribution is 5.87. The summed E-state index contributed by atoms with van der Waals surface area (Å²) < 4.78 is 21.0. The maximum absolute atomic E-state index is 12.1. The first-order chi connectivity index (χ1) is 14.6. The number of ether oxygens (including phenoxy) is 3. The van der Waals surface area contributed by atoms with E-state index in [0.29, 0.717) is 28.2 Å². The Labute approximate surface area is 170 Å². The average Bonchev–Trinajstić information content (AvgIpc) is 3.18. The second-order valence-corrected chi connectivity index (χ2v) is 6.36. The maximum Gasteiger partial charge on any atom is 0.312 e. The molecule has 2 amide bonds. The van der Waals surface area contributed by atoms with Gasteiger partial charge in [0.05, 0.1) is 6.42 Å². The first kappa shape index (κ1) is 19.2. The Hall–Kier alpha value is -4.08. The number of hydrazine groups is 1. The van der Waals surface area contributed by atoms with Crippen molar-refractivity contribution in [3.05, 3.63) is 54.2 Å². The highest BCUT2D eigenvalue weighted by Crippen LogP contribution is 2.30. The topological polar surface area (TPSA) is 129 Å². The number of esters is 1. The number of nitrogens with zero attached hydrogens (tertiary/aromatic N) is 1. The van der Waals surface area contributed by atoms with Crippen molar-refractivity contribution in [3.63, 3.8) is 0 Å². The zero-order valence-electron chi connectivity index (χ0n) is 15.6. The molecule has 1 aliphatic heterocycles. The summed E-state index contributed by atoms with van der Waals surface area (Å²) in [6.45, 7) is -0.570. The van der Waals surface area contributed by atoms with E-state index in [4.69, 9.17) is 18.7 Å². The van der Waals surface area contributed by atoms with E-state index >= 15 is 0 Å². The van der Waals surface area contributed by atoms with Crippen molar-refractivity contribution in [1.82, 2.24) is 16.0 Å². The molecule has 0 unspecified atom stereocenters. The number of nitrogens with one attached hydrogen (secondary N) is 2. The van der Waals surface area contributed by atoms with Gasteiger partial charge in [0.25, 0.3) is 11.8 Å². The van der Waals surface area contributed by atoms with Crippen LogP contribution in [0.15, 0.2) is 53.1 Å². The average molecular weight is 411 g/mol. The molecule has 30 heavy (non-hydrogen) atoms. The summed E-state index contributed by atoms with van der Waals surface area (Å²) in [5.74, 6) is -0.991. The lowest BCUT2D eigenvalue weighted by Crippen LogP contribution is -2.51. The van der Waals surface area contributed by atoms with Crippen LogP contribution in [0.3, 0.4) is 0 Å². The Balaban J connectivity index is 1.20. The number of carbonyl (C=O) groups excluding carboxylic acids is 3. The van der Waals surface area contributed by atoms with Gasteiger partial charge in [0.2, 0.25) is 6.10 Å². The van der Waals surface area contributed by atoms with Crippen molar-refractivity contribution in [2.75, 3.05) is 13.2 Å². The second kappa shape index (κ2) is 8.52. The summed E-state index contributed by atoms with van der Waals surface area (Å²) in [5, 5.41) is 4.53. The lowest BCUT2D eigenvalue weighted by Gasteiger charge is -2.25. The van der Waals surface area contributed by atoms with Crippen molar-refractivity contribution >= 4 is 28.8 Å². The van der Waals surface area contributed by atoms with Crippen molar-refractivity contribution < 1.29 is 33.1 Å². The fourth-order valence-corrected chi connectivity index (χ4v) is 2.80. The van der Waals surface area contributed by atoms with Gasteiger partial charge in [-0.3, -0.25) is 25.2 Å². The third-order valence-corrected chi connectivity index (χ3v) is 4.25. The molecule has 1 atom stereocenters. The quantitative estimate of drug-likeness (QED) is 0.468. The van der Waals surface area contributed by atoms with Crippen LogP contribution in [0, 0.1) is 0 Å². The molecule has 2 aromatic carbocycles. The summed E-state index contributed by atoms with van der Waals surface area (Å²) >= 11 is 0. The zero-order chi connectivity index (χ0) is 20.9. The normalized spacial score (nSPS) is 14.7. The monoisotopic (exact) mass is 411 g/mol. The minimum absolute atomic E-state index is 0.000635. The number of aromatic nitrogens is 1. The van der Waals surface area contributed by atoms with E-state index in [1.165, 1.54) is 0 Å². The first-order valence-corrected chi connectivity index (χ1v) is 9.06. The SMILES string of the molecule is O=C(COC(=O)Cc1noc2ccccc12)NNC(=O)[C@H]1COc2ccccc2O1. The van der Waals surface area contributed by atoms with Crippen LogP contribution >= 0.6 is 0 Å². The number of benzene rings is 2. The van der Waals surface area contributed by atoms with Crippen LogP contribution in [0.1, 0.15) is 5.69 Å². The molecule has 4 rings (SSSR count). The molecule has 0 fully saturated rings. The van der Waals surface area contributed by atoms with Gasteiger partial charge < -0.3 is 18.7 Å². The fourth-order valence-electron chi connectivity index (χ4n) is 2.80. The van der Waals surface area contributed by atoms with Crippen LogP contribution < -0.4 is 20.3 Å². The number of carbonyl (C=O) groups is 3. The van der Waals surface area contributed by atoms with Crippen molar-refractivity contribution in [3.8, 4) is 11.5 Å². The van der Waals surface area contributed by atoms with E-state index in [-0.39, 0.29) is 13.0 Å². The van der Waals surface area contributed by atoms with Crippen LogP contribution in [0.4, 0.5) is 0 Å². The lowest BCUT2D eigenvalue weighted by molar-refractivity contribution is -0.148. The minimum atomic E-state index is -0.928. The van der Waals surface area contributed by atoms with Crippen LogP contribution in [-0.4, -0.2) is 42.3 Å². The summed E-state index contributed by atoms with van der Waals surface area (Å²) in [7, 11) is 0. The second-order valence-electron chi connectivity index (χ2n) is 6.36. The minimum Gasteiger partial charge on any atom is -0.485 e. The van der Waals surface area contributed by atoms with Gasteiger partial charge in [0.15, 0.2) is 23.7 Å². The molecule has 0 aliphatic carbocycles. The number of hydrogen-bond donors (Lipinski definition) is 2. The number of rotatable bonds is 5. The molecule has 0 spiro atoms. The fraction of sp³-hybridized carbons (Fsp3) is 0.200. The molecule has 10 heteroatoms. The predicted octanol–water partition coefficient (Wildman–Crippen LogP) is 0.901. The Morgan fingerprint density at radius 3 is 2.67 bits per heavy atom. The number of hydrogen-bond acceptors (Lipinski definition) is 8. The van der Waals surface area contributed by atoms with E-state index in [1.807, 2.05) is 0 Å². The zero-order valence-corrected chi connectivity index (χ0v) is 15.6. The molecule has 1 aromatic heterocycles. The van der Waals surface area contributed by atoms with Gasteiger partial charge in [0, 0.05) is 5.39 Å². The molecule has 0 bridgehead atoms. The molecule has 2 heterocycles. The van der Waals surface area contributed by atoms with E-state index in [1.54, 1.807) is 48.5 Å². The molecular formula is C20H17N3O7. The third-order valence-electron chi connectivity index (χ3n) is 4.25. The molecule has 0 saturated heterocycles. The standard InChI is InChI=1S/C20H17N3O7/c24-18(11-28-19(25)9-13-12-5-1-2-6-14(12)30-23-13)21-22-20(26)17-10-27-15-7-3-4-8-16(15)29-17/h1-8,17H,9-11H2,(H,21,24)(H,22,26)/t17-/m1/s1. The number of para-hydroxylation sites is 3. The van der Waals surface area contributed by atoms with Crippen molar-refractivity contribution in [1.29, 1.82) is 0 Å². The van der Waals surface area contributed by atoms with Gasteiger partial charge in [-0.05, 0) is 24.3 Å². The molecule has 0 radical (unpaired) electrons. The van der Waals surface area contributed by atoms with Crippen LogP contribution in [-0.2, 0) is 25.5 Å². The molecule has 10 nitrogen and oxygen atoms in total. The summed E-state index contributed by atoms with van der Waals surface area (Å²) in [5.41, 5.74) is 5.35. The van der Waals surface area contributed by atoms with Crippen LogP contribution in [0.25, 0.3) is 11.0 Å². The van der Waals surface area contributed by atoms with Gasteiger partial charge in [-0.2, -0.15) is 0 Å². The molecule has 3 aromatic rings. The molecule has 1 aliphatic rings. The van der Waals surface area contributed by atoms with Crippen molar-refractivity contribution in [2.45, 2.75) is 12.5 Å². The highest BCUT2D eigenvalue weighted by atomic mass is 16.6. The summed E-state index contributed by atoms with van der Waals surface area (Å²) in [6.07, 6.45) is -1.08. The highest BCUT2D eigenvalue weighted by Gasteiger charge is 2.27. The first-order valence-electron chi connectivity index (χ1n) is 9.06. The maximum atomic E-state index is 12.1. The van der Waals surface area contributed by atoms with Gasteiger partial charge in [-0.1, -0.05) is 29.4 Å². The Morgan fingerprint density at radius 2 is 1.80 bits per heavy atom. The van der Waals surface area contributed by atoms with Gasteiger partial charge in [0.1, 0.15) is 12.3 Å². The summed E-state index contributed by atoms with van der Waals surface area (Å²) in [6, 6.07) is 14.0. The lowest BCUT2D eigenvalue weighted by atomic mass is 10.2. The van der Waals surface area contributed by atoms with E-state index in [0.717, 1.165) is 0 Å². The van der Waals surface area contributed by atoms with E-state index in [2.05, 4.69) is 16.0 Å².